The molecule has 6 heteroatoms. The number of nitrogens with zero attached hydrogens (tertiary/aromatic N) is 4. The lowest BCUT2D eigenvalue weighted by Gasteiger charge is -2.36. The van der Waals surface area contributed by atoms with E-state index in [9.17, 15) is 0 Å². The predicted molar refractivity (Wildman–Crippen MR) is 95.2 cm³/mol. The number of fused-ring (bicyclic) bond motifs is 1. The summed E-state index contributed by atoms with van der Waals surface area (Å²) >= 11 is 1.76. The molecule has 24 heavy (non-hydrogen) atoms. The van der Waals surface area contributed by atoms with Crippen LogP contribution in [-0.4, -0.2) is 39.4 Å². The minimum atomic E-state index is 0.302. The zero-order valence-electron chi connectivity index (χ0n) is 14.6. The first-order chi connectivity index (χ1) is 11.8. The quantitative estimate of drug-likeness (QED) is 0.772. The van der Waals surface area contributed by atoms with Gasteiger partial charge in [0.1, 0.15) is 0 Å². The minimum Gasteiger partial charge on any atom is -0.379 e. The van der Waals surface area contributed by atoms with E-state index in [1.54, 1.807) is 11.3 Å². The third-order valence-corrected chi connectivity index (χ3v) is 6.12. The molecule has 0 aromatic carbocycles. The molecule has 5 nitrogen and oxygen atoms in total. The highest BCUT2D eigenvalue weighted by atomic mass is 32.1. The highest BCUT2D eigenvalue weighted by Crippen LogP contribution is 2.34. The van der Waals surface area contributed by atoms with Crippen molar-refractivity contribution in [3.8, 4) is 0 Å². The lowest BCUT2D eigenvalue weighted by Crippen LogP contribution is -2.38. The third kappa shape index (κ3) is 3.27. The van der Waals surface area contributed by atoms with Crippen LogP contribution in [0.4, 0.5) is 0 Å². The van der Waals surface area contributed by atoms with Crippen molar-refractivity contribution in [3.05, 3.63) is 33.5 Å². The van der Waals surface area contributed by atoms with Gasteiger partial charge in [-0.1, -0.05) is 0 Å². The Morgan fingerprint density at radius 1 is 1.33 bits per heavy atom. The average molecular weight is 347 g/mol. The summed E-state index contributed by atoms with van der Waals surface area (Å²) in [6, 6.07) is 0.302. The summed E-state index contributed by atoms with van der Waals surface area (Å²) < 4.78 is 8.27. The number of hydrogen-bond donors (Lipinski definition) is 0. The molecule has 1 aliphatic carbocycles. The van der Waals surface area contributed by atoms with Crippen LogP contribution in [0.1, 0.15) is 47.6 Å². The first-order valence-electron chi connectivity index (χ1n) is 9.01. The average Bonchev–Trinajstić information content (AvgIpc) is 3.18. The molecule has 130 valence electrons. The van der Waals surface area contributed by atoms with Crippen LogP contribution in [0.25, 0.3) is 0 Å². The molecule has 0 spiro atoms. The molecule has 0 radical (unpaired) electrons. The molecule has 0 saturated heterocycles. The SMILES string of the molecule is CCn1ncc2c1[C@@H](COCC1CC1)N(Cc1scnc1C)CC2. The maximum absolute atomic E-state index is 6.11. The fourth-order valence-corrected chi connectivity index (χ4v) is 4.33. The van der Waals surface area contributed by atoms with E-state index in [0.29, 0.717) is 6.04 Å². The summed E-state index contributed by atoms with van der Waals surface area (Å²) in [5, 5.41) is 4.60. The molecular formula is C18H26N4OS. The minimum absolute atomic E-state index is 0.302. The van der Waals surface area contributed by atoms with Gasteiger partial charge >= 0.3 is 0 Å². The van der Waals surface area contributed by atoms with E-state index >= 15 is 0 Å². The lowest BCUT2D eigenvalue weighted by atomic mass is 10.00. The molecule has 2 aromatic rings. The van der Waals surface area contributed by atoms with Gasteiger partial charge in [0.25, 0.3) is 0 Å². The molecule has 4 rings (SSSR count). The van der Waals surface area contributed by atoms with Crippen LogP contribution >= 0.6 is 11.3 Å². The first kappa shape index (κ1) is 16.2. The molecule has 1 aliphatic heterocycles. The van der Waals surface area contributed by atoms with Gasteiger partial charge in [-0.2, -0.15) is 5.10 Å². The number of aromatic nitrogens is 3. The van der Waals surface area contributed by atoms with Crippen LogP contribution in [0.3, 0.4) is 0 Å². The van der Waals surface area contributed by atoms with Crippen LogP contribution in [0.5, 0.6) is 0 Å². The van der Waals surface area contributed by atoms with Gasteiger partial charge in [0.15, 0.2) is 0 Å². The monoisotopic (exact) mass is 346 g/mol. The van der Waals surface area contributed by atoms with Gasteiger partial charge in [-0.3, -0.25) is 9.58 Å². The molecule has 2 aromatic heterocycles. The molecule has 0 N–H and O–H groups in total. The number of rotatable bonds is 7. The molecule has 1 saturated carbocycles. The maximum atomic E-state index is 6.11. The van der Waals surface area contributed by atoms with Crippen molar-refractivity contribution in [3.63, 3.8) is 0 Å². The number of ether oxygens (including phenoxy) is 1. The largest absolute Gasteiger partial charge is 0.379 e. The van der Waals surface area contributed by atoms with Gasteiger partial charge in [0.2, 0.25) is 0 Å². The Morgan fingerprint density at radius 3 is 2.92 bits per heavy atom. The van der Waals surface area contributed by atoms with Crippen LogP contribution < -0.4 is 0 Å². The zero-order chi connectivity index (χ0) is 16.5. The number of hydrogen-bond acceptors (Lipinski definition) is 5. The van der Waals surface area contributed by atoms with E-state index < -0.39 is 0 Å². The van der Waals surface area contributed by atoms with Crippen LogP contribution in [-0.2, 0) is 24.2 Å². The molecular weight excluding hydrogens is 320 g/mol. The third-order valence-electron chi connectivity index (χ3n) is 5.20. The van der Waals surface area contributed by atoms with Crippen molar-refractivity contribution < 1.29 is 4.74 Å². The second-order valence-electron chi connectivity index (χ2n) is 6.95. The molecule has 0 amide bonds. The van der Waals surface area contributed by atoms with Gasteiger partial charge in [0, 0.05) is 31.1 Å². The highest BCUT2D eigenvalue weighted by Gasteiger charge is 2.32. The summed E-state index contributed by atoms with van der Waals surface area (Å²) in [6.45, 7) is 8.91. The summed E-state index contributed by atoms with van der Waals surface area (Å²) in [4.78, 5) is 8.34. The predicted octanol–water partition coefficient (Wildman–Crippen LogP) is 3.19. The van der Waals surface area contributed by atoms with Crippen molar-refractivity contribution in [1.29, 1.82) is 0 Å². The summed E-state index contributed by atoms with van der Waals surface area (Å²) in [7, 11) is 0. The standard InChI is InChI=1S/C18H26N4OS/c1-3-22-18-15(8-20-22)6-7-21(9-17-13(2)19-12-24-17)16(18)11-23-10-14-4-5-14/h8,12,14,16H,3-7,9-11H2,1-2H3/t16-/m1/s1. The van der Waals surface area contributed by atoms with Crippen LogP contribution in [0.15, 0.2) is 11.7 Å². The van der Waals surface area contributed by atoms with Crippen molar-refractivity contribution >= 4 is 11.3 Å². The lowest BCUT2D eigenvalue weighted by molar-refractivity contribution is 0.0412. The second-order valence-corrected chi connectivity index (χ2v) is 7.89. The Hall–Kier alpha value is -1.24. The first-order valence-corrected chi connectivity index (χ1v) is 9.89. The van der Waals surface area contributed by atoms with Crippen molar-refractivity contribution in [2.24, 2.45) is 5.92 Å². The van der Waals surface area contributed by atoms with E-state index in [2.05, 4.69) is 39.7 Å². The van der Waals surface area contributed by atoms with Gasteiger partial charge < -0.3 is 4.74 Å². The van der Waals surface area contributed by atoms with E-state index in [1.807, 2.05) is 5.51 Å². The summed E-state index contributed by atoms with van der Waals surface area (Å²) in [5.41, 5.74) is 5.87. The van der Waals surface area contributed by atoms with Crippen molar-refractivity contribution in [2.45, 2.75) is 52.2 Å². The van der Waals surface area contributed by atoms with E-state index in [4.69, 9.17) is 4.74 Å². The maximum Gasteiger partial charge on any atom is 0.0798 e. The van der Waals surface area contributed by atoms with Gasteiger partial charge in [0.05, 0.1) is 35.7 Å². The molecule has 1 atom stereocenters. The van der Waals surface area contributed by atoms with Gasteiger partial charge in [-0.25, -0.2) is 4.98 Å². The van der Waals surface area contributed by atoms with Gasteiger partial charge in [-0.05, 0) is 44.6 Å². The summed E-state index contributed by atoms with van der Waals surface area (Å²) in [5.74, 6) is 0.807. The Morgan fingerprint density at radius 2 is 2.21 bits per heavy atom. The normalized spacial score (nSPS) is 21.2. The fourth-order valence-electron chi connectivity index (χ4n) is 3.52. The Bertz CT molecular complexity index is 678. The molecule has 1 fully saturated rings. The van der Waals surface area contributed by atoms with Crippen LogP contribution in [0, 0.1) is 12.8 Å². The fraction of sp³-hybridized carbons (Fsp3) is 0.667. The number of thiazole rings is 1. The topological polar surface area (TPSA) is 43.2 Å². The zero-order valence-corrected chi connectivity index (χ0v) is 15.4. The smallest absolute Gasteiger partial charge is 0.0798 e. The molecule has 2 aliphatic rings. The highest BCUT2D eigenvalue weighted by molar-refractivity contribution is 7.09. The van der Waals surface area contributed by atoms with E-state index in [1.165, 1.54) is 29.0 Å². The van der Waals surface area contributed by atoms with Crippen LogP contribution in [0.2, 0.25) is 0 Å². The van der Waals surface area contributed by atoms with Crippen molar-refractivity contribution in [2.75, 3.05) is 19.8 Å². The number of aryl methyl sites for hydroxylation is 2. The summed E-state index contributed by atoms with van der Waals surface area (Å²) in [6.07, 6.45) is 5.81. The molecule has 3 heterocycles. The van der Waals surface area contributed by atoms with Gasteiger partial charge in [-0.15, -0.1) is 11.3 Å². The molecule has 0 unspecified atom stereocenters. The Labute approximate surface area is 147 Å². The van der Waals surface area contributed by atoms with E-state index in [0.717, 1.165) is 50.9 Å². The Balaban J connectivity index is 1.55. The second kappa shape index (κ2) is 6.94. The molecule has 0 bridgehead atoms. The van der Waals surface area contributed by atoms with Crippen molar-refractivity contribution in [1.82, 2.24) is 19.7 Å². The Kier molecular flexibility index (Phi) is 4.70. The van der Waals surface area contributed by atoms with E-state index in [-0.39, 0.29) is 0 Å².